The Balaban J connectivity index is 2.09. The number of nitrogens with one attached hydrogen (secondary N) is 2. The zero-order valence-electron chi connectivity index (χ0n) is 14.4. The van der Waals surface area contributed by atoms with Crippen molar-refractivity contribution in [2.45, 2.75) is 19.8 Å². The highest BCUT2D eigenvalue weighted by molar-refractivity contribution is 6.02. The number of aromatic nitrogens is 1. The summed E-state index contributed by atoms with van der Waals surface area (Å²) in [5.41, 5.74) is 2.66. The van der Waals surface area contributed by atoms with E-state index in [1.807, 2.05) is 50.2 Å². The van der Waals surface area contributed by atoms with E-state index in [9.17, 15) is 9.59 Å². The van der Waals surface area contributed by atoms with Crippen LogP contribution in [0.4, 0.5) is 11.4 Å². The van der Waals surface area contributed by atoms with E-state index in [1.54, 1.807) is 19.2 Å². The topological polar surface area (TPSA) is 74.4 Å². The van der Waals surface area contributed by atoms with Crippen molar-refractivity contribution < 1.29 is 14.3 Å². The summed E-state index contributed by atoms with van der Waals surface area (Å²) in [6.07, 6.45) is 1.60. The van der Waals surface area contributed by atoms with Crippen molar-refractivity contribution in [1.29, 1.82) is 0 Å². The fourth-order valence-electron chi connectivity index (χ4n) is 2.30. The molecule has 0 aliphatic heterocycles. The minimum Gasteiger partial charge on any atom is -0.461 e. The molecule has 0 bridgehead atoms. The van der Waals surface area contributed by atoms with Gasteiger partial charge in [-0.3, -0.25) is 4.79 Å². The average molecular weight is 329 g/mol. The SMILES string of the molecule is CCOC(=O)c1[nH]ccc1NC(=O)C(C)c1ccc(N(C)C)cc1. The van der Waals surface area contributed by atoms with Crippen LogP contribution in [0.5, 0.6) is 0 Å². The summed E-state index contributed by atoms with van der Waals surface area (Å²) in [6.45, 7) is 3.84. The third-order valence-corrected chi connectivity index (χ3v) is 3.79. The maximum Gasteiger partial charge on any atom is 0.356 e. The van der Waals surface area contributed by atoms with Gasteiger partial charge in [-0.25, -0.2) is 4.79 Å². The highest BCUT2D eigenvalue weighted by Crippen LogP contribution is 2.22. The maximum atomic E-state index is 12.5. The molecule has 1 heterocycles. The van der Waals surface area contributed by atoms with E-state index in [0.717, 1.165) is 11.3 Å². The summed E-state index contributed by atoms with van der Waals surface area (Å²) < 4.78 is 4.96. The van der Waals surface area contributed by atoms with Crippen LogP contribution in [0.25, 0.3) is 0 Å². The number of nitrogens with zero attached hydrogens (tertiary/aromatic N) is 1. The molecule has 0 radical (unpaired) electrons. The van der Waals surface area contributed by atoms with Crippen LogP contribution in [0.1, 0.15) is 35.8 Å². The van der Waals surface area contributed by atoms with E-state index in [0.29, 0.717) is 5.69 Å². The van der Waals surface area contributed by atoms with Crippen LogP contribution in [0.15, 0.2) is 36.5 Å². The maximum absolute atomic E-state index is 12.5. The summed E-state index contributed by atoms with van der Waals surface area (Å²) >= 11 is 0. The summed E-state index contributed by atoms with van der Waals surface area (Å²) in [5.74, 6) is -1.01. The summed E-state index contributed by atoms with van der Waals surface area (Å²) in [4.78, 5) is 29.1. The number of benzene rings is 1. The van der Waals surface area contributed by atoms with Gasteiger partial charge in [0.25, 0.3) is 0 Å². The van der Waals surface area contributed by atoms with E-state index in [2.05, 4.69) is 10.3 Å². The Hall–Kier alpha value is -2.76. The van der Waals surface area contributed by atoms with Gasteiger partial charge in [0.1, 0.15) is 5.69 Å². The van der Waals surface area contributed by atoms with Crippen LogP contribution in [0.2, 0.25) is 0 Å². The van der Waals surface area contributed by atoms with Gasteiger partial charge in [0, 0.05) is 26.0 Å². The molecule has 1 aromatic heterocycles. The molecule has 1 amide bonds. The minimum absolute atomic E-state index is 0.183. The fourth-order valence-corrected chi connectivity index (χ4v) is 2.30. The lowest BCUT2D eigenvalue weighted by molar-refractivity contribution is -0.117. The molecule has 6 heteroatoms. The molecule has 24 heavy (non-hydrogen) atoms. The lowest BCUT2D eigenvalue weighted by atomic mass is 10.00. The Morgan fingerprint density at radius 1 is 1.21 bits per heavy atom. The Kier molecular flexibility index (Phi) is 5.63. The van der Waals surface area contributed by atoms with Gasteiger partial charge in [0.2, 0.25) is 5.91 Å². The van der Waals surface area contributed by atoms with E-state index < -0.39 is 5.97 Å². The predicted molar refractivity (Wildman–Crippen MR) is 94.6 cm³/mol. The summed E-state index contributed by atoms with van der Waals surface area (Å²) in [7, 11) is 3.93. The van der Waals surface area contributed by atoms with Gasteiger partial charge in [-0.15, -0.1) is 0 Å². The zero-order chi connectivity index (χ0) is 17.7. The van der Waals surface area contributed by atoms with Crippen molar-refractivity contribution in [2.24, 2.45) is 0 Å². The van der Waals surface area contributed by atoms with Gasteiger partial charge in [-0.2, -0.15) is 0 Å². The Morgan fingerprint density at radius 3 is 2.46 bits per heavy atom. The van der Waals surface area contributed by atoms with Gasteiger partial charge in [0.05, 0.1) is 18.2 Å². The monoisotopic (exact) mass is 329 g/mol. The first-order valence-electron chi connectivity index (χ1n) is 7.86. The van der Waals surface area contributed by atoms with Gasteiger partial charge in [0.15, 0.2) is 0 Å². The number of carbonyl (C=O) groups excluding carboxylic acids is 2. The third kappa shape index (κ3) is 3.95. The molecule has 0 spiro atoms. The normalized spacial score (nSPS) is 11.7. The molecule has 128 valence electrons. The van der Waals surface area contributed by atoms with E-state index in [4.69, 9.17) is 4.74 Å². The highest BCUT2D eigenvalue weighted by atomic mass is 16.5. The third-order valence-electron chi connectivity index (χ3n) is 3.79. The van der Waals surface area contributed by atoms with Gasteiger partial charge in [-0.1, -0.05) is 12.1 Å². The molecule has 2 N–H and O–H groups in total. The van der Waals surface area contributed by atoms with Crippen LogP contribution < -0.4 is 10.2 Å². The van der Waals surface area contributed by atoms with Crippen LogP contribution in [-0.2, 0) is 9.53 Å². The van der Waals surface area contributed by atoms with Crippen LogP contribution in [0.3, 0.4) is 0 Å². The fraction of sp³-hybridized carbons (Fsp3) is 0.333. The summed E-state index contributed by atoms with van der Waals surface area (Å²) in [6, 6.07) is 9.46. The molecule has 1 atom stereocenters. The molecule has 1 aromatic carbocycles. The largest absolute Gasteiger partial charge is 0.461 e. The first-order valence-corrected chi connectivity index (χ1v) is 7.86. The quantitative estimate of drug-likeness (QED) is 0.799. The molecular weight excluding hydrogens is 306 g/mol. The number of H-pyrrole nitrogens is 1. The smallest absolute Gasteiger partial charge is 0.356 e. The van der Waals surface area contributed by atoms with Crippen molar-refractivity contribution in [1.82, 2.24) is 4.98 Å². The van der Waals surface area contributed by atoms with Gasteiger partial charge < -0.3 is 19.9 Å². The number of hydrogen-bond donors (Lipinski definition) is 2. The lowest BCUT2D eigenvalue weighted by Gasteiger charge is -2.16. The highest BCUT2D eigenvalue weighted by Gasteiger charge is 2.20. The number of esters is 1. The first-order chi connectivity index (χ1) is 11.4. The van der Waals surface area contributed by atoms with Crippen molar-refractivity contribution in [2.75, 3.05) is 30.9 Å². The van der Waals surface area contributed by atoms with Gasteiger partial charge in [-0.05, 0) is 37.6 Å². The number of carbonyl (C=O) groups is 2. The minimum atomic E-state index is -0.485. The average Bonchev–Trinajstić information content (AvgIpc) is 3.02. The van der Waals surface area contributed by atoms with E-state index in [1.165, 1.54) is 0 Å². The van der Waals surface area contributed by atoms with Crippen LogP contribution in [0, 0.1) is 0 Å². The van der Waals surface area contributed by atoms with Crippen molar-refractivity contribution >= 4 is 23.3 Å². The number of rotatable bonds is 6. The molecule has 1 unspecified atom stereocenters. The molecule has 0 saturated heterocycles. The molecule has 0 fully saturated rings. The molecule has 0 aliphatic carbocycles. The second-order valence-corrected chi connectivity index (χ2v) is 5.68. The number of ether oxygens (including phenoxy) is 1. The second-order valence-electron chi connectivity index (χ2n) is 5.68. The Morgan fingerprint density at radius 2 is 1.88 bits per heavy atom. The predicted octanol–water partition coefficient (Wildman–Crippen LogP) is 3.00. The molecule has 2 rings (SSSR count). The zero-order valence-corrected chi connectivity index (χ0v) is 14.4. The second kappa shape index (κ2) is 7.68. The number of anilines is 2. The van der Waals surface area contributed by atoms with Gasteiger partial charge >= 0.3 is 5.97 Å². The number of hydrogen-bond acceptors (Lipinski definition) is 4. The standard InChI is InChI=1S/C18H23N3O3/c1-5-24-18(23)16-15(10-11-19-16)20-17(22)12(2)13-6-8-14(9-7-13)21(3)4/h6-12,19H,5H2,1-4H3,(H,20,22). The Labute approximate surface area is 141 Å². The molecule has 0 saturated carbocycles. The first kappa shape index (κ1) is 17.6. The molecule has 0 aliphatic rings. The van der Waals surface area contributed by atoms with Crippen LogP contribution >= 0.6 is 0 Å². The molecule has 2 aromatic rings. The molecular formula is C18H23N3O3. The van der Waals surface area contributed by atoms with E-state index in [-0.39, 0.29) is 24.1 Å². The number of amides is 1. The number of aromatic amines is 1. The van der Waals surface area contributed by atoms with Crippen LogP contribution in [-0.4, -0.2) is 37.6 Å². The molecule has 6 nitrogen and oxygen atoms in total. The summed E-state index contributed by atoms with van der Waals surface area (Å²) in [5, 5.41) is 2.78. The van der Waals surface area contributed by atoms with E-state index >= 15 is 0 Å². The Bertz CT molecular complexity index is 705. The van der Waals surface area contributed by atoms with Crippen molar-refractivity contribution in [3.05, 3.63) is 47.8 Å². The van der Waals surface area contributed by atoms with Crippen molar-refractivity contribution in [3.63, 3.8) is 0 Å². The van der Waals surface area contributed by atoms with Crippen molar-refractivity contribution in [3.8, 4) is 0 Å². The lowest BCUT2D eigenvalue weighted by Crippen LogP contribution is -2.20.